The van der Waals surface area contributed by atoms with Crippen LogP contribution in [0.15, 0.2) is 18.2 Å². The Labute approximate surface area is 119 Å². The van der Waals surface area contributed by atoms with Gasteiger partial charge in [-0.05, 0) is 31.9 Å². The van der Waals surface area contributed by atoms with Crippen molar-refractivity contribution in [2.24, 2.45) is 5.92 Å². The summed E-state index contributed by atoms with van der Waals surface area (Å²) in [7, 11) is 1.33. The number of nitrogens with zero attached hydrogens (tertiary/aromatic N) is 1. The number of para-hydroxylation sites is 1. The van der Waals surface area contributed by atoms with E-state index in [9.17, 15) is 9.59 Å². The van der Waals surface area contributed by atoms with Gasteiger partial charge in [-0.25, -0.2) is 0 Å². The zero-order valence-electron chi connectivity index (χ0n) is 12.6. The monoisotopic (exact) mass is 279 g/mol. The van der Waals surface area contributed by atoms with Gasteiger partial charge in [0.15, 0.2) is 0 Å². The van der Waals surface area contributed by atoms with E-state index in [2.05, 4.69) is 4.74 Å². The molecule has 5 heteroatoms. The summed E-state index contributed by atoms with van der Waals surface area (Å²) in [5.41, 5.74) is 2.59. The summed E-state index contributed by atoms with van der Waals surface area (Å²) >= 11 is 0. The summed E-state index contributed by atoms with van der Waals surface area (Å²) in [5, 5.41) is 1.24. The molecule has 0 saturated carbocycles. The van der Waals surface area contributed by atoms with Gasteiger partial charge in [-0.2, -0.15) is 5.06 Å². The Hall–Kier alpha value is -1.88. The third kappa shape index (κ3) is 3.81. The molecule has 0 radical (unpaired) electrons. The minimum atomic E-state index is -0.439. The van der Waals surface area contributed by atoms with Crippen LogP contribution in [0.4, 0.5) is 5.69 Å². The summed E-state index contributed by atoms with van der Waals surface area (Å²) in [6.45, 7) is 7.01. The van der Waals surface area contributed by atoms with Crippen molar-refractivity contribution in [3.63, 3.8) is 0 Å². The molecule has 20 heavy (non-hydrogen) atoms. The van der Waals surface area contributed by atoms with Gasteiger partial charge in [0.1, 0.15) is 0 Å². The molecule has 1 aromatic rings. The number of carbonyl (C=O) groups excluding carboxylic acids is 2. The van der Waals surface area contributed by atoms with Gasteiger partial charge in [0.05, 0.1) is 25.3 Å². The molecular formula is C15H21NO4. The normalized spacial score (nSPS) is 11.8. The third-order valence-electron chi connectivity index (χ3n) is 2.99. The Balaban J connectivity index is 2.91. The lowest BCUT2D eigenvalue weighted by molar-refractivity contribution is -0.148. The first-order valence-corrected chi connectivity index (χ1v) is 6.46. The molecule has 1 atom stereocenters. The van der Waals surface area contributed by atoms with Crippen molar-refractivity contribution in [2.45, 2.75) is 27.7 Å². The van der Waals surface area contributed by atoms with Crippen molar-refractivity contribution in [3.8, 4) is 0 Å². The minimum absolute atomic E-state index is 0.0834. The number of hydroxylamine groups is 1. The van der Waals surface area contributed by atoms with E-state index in [0.29, 0.717) is 0 Å². The maximum absolute atomic E-state index is 11.8. The third-order valence-corrected chi connectivity index (χ3v) is 2.99. The van der Waals surface area contributed by atoms with E-state index in [1.165, 1.54) is 19.1 Å². The lowest BCUT2D eigenvalue weighted by Crippen LogP contribution is -2.33. The molecule has 0 fully saturated rings. The number of esters is 1. The first-order chi connectivity index (χ1) is 9.38. The minimum Gasteiger partial charge on any atom is -0.469 e. The highest BCUT2D eigenvalue weighted by Crippen LogP contribution is 2.25. The zero-order valence-corrected chi connectivity index (χ0v) is 12.6. The highest BCUT2D eigenvalue weighted by Gasteiger charge is 2.21. The largest absolute Gasteiger partial charge is 0.469 e. The van der Waals surface area contributed by atoms with Gasteiger partial charge in [-0.15, -0.1) is 0 Å². The number of methoxy groups -OCH3 is 1. The zero-order chi connectivity index (χ0) is 15.3. The summed E-state index contributed by atoms with van der Waals surface area (Å²) < 4.78 is 4.64. The van der Waals surface area contributed by atoms with Gasteiger partial charge < -0.3 is 4.74 Å². The van der Waals surface area contributed by atoms with Crippen molar-refractivity contribution >= 4 is 17.6 Å². The average Bonchev–Trinajstić information content (AvgIpc) is 2.40. The second kappa shape index (κ2) is 7.05. The Morgan fingerprint density at radius 1 is 1.25 bits per heavy atom. The number of hydrogen-bond acceptors (Lipinski definition) is 4. The van der Waals surface area contributed by atoms with Gasteiger partial charge >= 0.3 is 5.97 Å². The number of carbonyl (C=O) groups is 2. The van der Waals surface area contributed by atoms with Crippen LogP contribution in [-0.2, 0) is 19.2 Å². The van der Waals surface area contributed by atoms with Crippen LogP contribution in [0, 0.1) is 19.8 Å². The number of amides is 1. The highest BCUT2D eigenvalue weighted by atomic mass is 16.7. The van der Waals surface area contributed by atoms with Crippen molar-refractivity contribution < 1.29 is 19.2 Å². The lowest BCUT2D eigenvalue weighted by Gasteiger charge is -2.25. The van der Waals surface area contributed by atoms with Gasteiger partial charge in [0, 0.05) is 6.92 Å². The number of hydrogen-bond donors (Lipinski definition) is 0. The summed E-state index contributed by atoms with van der Waals surface area (Å²) in [4.78, 5) is 28.7. The average molecular weight is 279 g/mol. The second-order valence-electron chi connectivity index (χ2n) is 4.77. The molecule has 0 aliphatic carbocycles. The molecule has 0 aliphatic heterocycles. The van der Waals surface area contributed by atoms with Crippen LogP contribution < -0.4 is 5.06 Å². The molecule has 0 aliphatic rings. The van der Waals surface area contributed by atoms with Gasteiger partial charge in [-0.3, -0.25) is 14.4 Å². The van der Waals surface area contributed by atoms with Gasteiger partial charge in [-0.1, -0.05) is 18.2 Å². The fraction of sp³-hybridized carbons (Fsp3) is 0.467. The second-order valence-corrected chi connectivity index (χ2v) is 4.77. The molecule has 110 valence electrons. The van der Waals surface area contributed by atoms with E-state index >= 15 is 0 Å². The Morgan fingerprint density at radius 2 is 1.80 bits per heavy atom. The number of anilines is 1. The summed E-state index contributed by atoms with van der Waals surface area (Å²) in [6, 6.07) is 5.74. The van der Waals surface area contributed by atoms with E-state index in [1.807, 2.05) is 32.0 Å². The first kappa shape index (κ1) is 16.2. The molecule has 5 nitrogen and oxygen atoms in total. The molecule has 0 bridgehead atoms. The Morgan fingerprint density at radius 3 is 2.25 bits per heavy atom. The van der Waals surface area contributed by atoms with Crippen molar-refractivity contribution in [1.29, 1.82) is 0 Å². The van der Waals surface area contributed by atoms with E-state index < -0.39 is 5.92 Å². The molecule has 1 amide bonds. The van der Waals surface area contributed by atoms with Crippen LogP contribution in [-0.4, -0.2) is 25.6 Å². The fourth-order valence-electron chi connectivity index (χ4n) is 1.89. The van der Waals surface area contributed by atoms with Crippen molar-refractivity contribution in [1.82, 2.24) is 0 Å². The van der Waals surface area contributed by atoms with Crippen LogP contribution in [0.1, 0.15) is 25.0 Å². The SMILES string of the molecule is COC(=O)C(C)CON(C(C)=O)c1c(C)cccc1C. The van der Waals surface area contributed by atoms with Crippen LogP contribution in [0.5, 0.6) is 0 Å². The molecule has 0 N–H and O–H groups in total. The molecule has 1 rings (SSSR count). The molecule has 0 aromatic heterocycles. The van der Waals surface area contributed by atoms with Crippen LogP contribution in [0.2, 0.25) is 0 Å². The van der Waals surface area contributed by atoms with Crippen LogP contribution in [0.25, 0.3) is 0 Å². The number of rotatable bonds is 5. The fourth-order valence-corrected chi connectivity index (χ4v) is 1.89. The number of aryl methyl sites for hydroxylation is 2. The van der Waals surface area contributed by atoms with Gasteiger partial charge in [0.2, 0.25) is 5.91 Å². The molecule has 0 heterocycles. The van der Waals surface area contributed by atoms with E-state index in [1.54, 1.807) is 6.92 Å². The standard InChI is InChI=1S/C15H21NO4/c1-10-7-6-8-11(2)14(10)16(13(4)17)20-9-12(3)15(18)19-5/h6-8,12H,9H2,1-5H3. The van der Waals surface area contributed by atoms with Crippen LogP contribution in [0.3, 0.4) is 0 Å². The van der Waals surface area contributed by atoms with Gasteiger partial charge in [0.25, 0.3) is 0 Å². The van der Waals surface area contributed by atoms with E-state index in [4.69, 9.17) is 4.84 Å². The number of benzene rings is 1. The molecule has 1 unspecified atom stereocenters. The number of ether oxygens (including phenoxy) is 1. The molecule has 0 saturated heterocycles. The molecule has 1 aromatic carbocycles. The lowest BCUT2D eigenvalue weighted by atomic mass is 10.1. The summed E-state index contributed by atoms with van der Waals surface area (Å²) in [6.07, 6.45) is 0. The van der Waals surface area contributed by atoms with E-state index in [-0.39, 0.29) is 18.5 Å². The topological polar surface area (TPSA) is 55.8 Å². The van der Waals surface area contributed by atoms with Crippen LogP contribution >= 0.6 is 0 Å². The predicted octanol–water partition coefficient (Wildman–Crippen LogP) is 2.40. The molecular weight excluding hydrogens is 258 g/mol. The van der Waals surface area contributed by atoms with E-state index in [0.717, 1.165) is 16.8 Å². The summed E-state index contributed by atoms with van der Waals surface area (Å²) in [5.74, 6) is -1.04. The quantitative estimate of drug-likeness (QED) is 0.613. The first-order valence-electron chi connectivity index (χ1n) is 6.46. The smallest absolute Gasteiger partial charge is 0.310 e. The van der Waals surface area contributed by atoms with Crippen molar-refractivity contribution in [3.05, 3.63) is 29.3 Å². The maximum Gasteiger partial charge on any atom is 0.310 e. The van der Waals surface area contributed by atoms with Crippen molar-refractivity contribution in [2.75, 3.05) is 18.8 Å². The molecule has 0 spiro atoms. The highest BCUT2D eigenvalue weighted by molar-refractivity contribution is 5.91. The Bertz CT molecular complexity index is 478. The Kier molecular flexibility index (Phi) is 5.70. The maximum atomic E-state index is 11.8. The predicted molar refractivity (Wildman–Crippen MR) is 76.2 cm³/mol.